The highest BCUT2D eigenvalue weighted by atomic mass is 35.5. The second kappa shape index (κ2) is 4.68. The fourth-order valence-electron chi connectivity index (χ4n) is 1.28. The molecule has 1 aromatic heterocycles. The molecule has 0 unspecified atom stereocenters. The summed E-state index contributed by atoms with van der Waals surface area (Å²) in [4.78, 5) is 0. The number of halogens is 2. The predicted octanol–water partition coefficient (Wildman–Crippen LogP) is 3.46. The minimum Gasteiger partial charge on any atom is -0.497 e. The van der Waals surface area contributed by atoms with Crippen LogP contribution in [0.2, 0.25) is 10.2 Å². The summed E-state index contributed by atoms with van der Waals surface area (Å²) in [5.74, 6) is 0.755. The van der Waals surface area contributed by atoms with Crippen LogP contribution in [0.1, 0.15) is 0 Å². The summed E-state index contributed by atoms with van der Waals surface area (Å²) in [5.41, 5.74) is 1.54. The van der Waals surface area contributed by atoms with Gasteiger partial charge in [0, 0.05) is 5.56 Å². The zero-order valence-electron chi connectivity index (χ0n) is 8.45. The van der Waals surface area contributed by atoms with Crippen LogP contribution in [0.5, 0.6) is 5.75 Å². The molecule has 5 heteroatoms. The third-order valence-corrected chi connectivity index (χ3v) is 2.74. The van der Waals surface area contributed by atoms with Crippen LogP contribution in [-0.4, -0.2) is 17.3 Å². The van der Waals surface area contributed by atoms with Crippen molar-refractivity contribution in [1.29, 1.82) is 0 Å². The highest BCUT2D eigenvalue weighted by molar-refractivity contribution is 6.41. The van der Waals surface area contributed by atoms with Crippen LogP contribution >= 0.6 is 23.2 Å². The number of methoxy groups -OCH3 is 1. The van der Waals surface area contributed by atoms with Gasteiger partial charge in [-0.25, -0.2) is 0 Å². The number of hydrogen-bond acceptors (Lipinski definition) is 3. The van der Waals surface area contributed by atoms with Gasteiger partial charge in [-0.1, -0.05) is 35.3 Å². The van der Waals surface area contributed by atoms with Crippen molar-refractivity contribution in [2.75, 3.05) is 7.11 Å². The zero-order chi connectivity index (χ0) is 11.5. The fraction of sp³-hybridized carbons (Fsp3) is 0.0909. The van der Waals surface area contributed by atoms with Crippen LogP contribution in [0, 0.1) is 0 Å². The van der Waals surface area contributed by atoms with Gasteiger partial charge in [0.25, 0.3) is 0 Å². The molecule has 0 N–H and O–H groups in total. The van der Waals surface area contributed by atoms with Gasteiger partial charge in [-0.15, -0.1) is 10.2 Å². The van der Waals surface area contributed by atoms with E-state index in [4.69, 9.17) is 27.9 Å². The van der Waals surface area contributed by atoms with Crippen LogP contribution < -0.4 is 4.74 Å². The van der Waals surface area contributed by atoms with E-state index in [1.807, 2.05) is 24.3 Å². The Morgan fingerprint density at radius 2 is 1.94 bits per heavy atom. The highest BCUT2D eigenvalue weighted by Gasteiger charge is 2.05. The number of rotatable bonds is 2. The Labute approximate surface area is 103 Å². The van der Waals surface area contributed by atoms with Crippen LogP contribution in [-0.2, 0) is 0 Å². The molecule has 0 bridgehead atoms. The predicted molar refractivity (Wildman–Crippen MR) is 64.0 cm³/mol. The molecule has 0 saturated carbocycles. The molecule has 0 atom stereocenters. The van der Waals surface area contributed by atoms with Gasteiger partial charge < -0.3 is 4.74 Å². The first-order valence-electron chi connectivity index (χ1n) is 4.54. The molecule has 2 rings (SSSR count). The quantitative estimate of drug-likeness (QED) is 0.824. The monoisotopic (exact) mass is 254 g/mol. The summed E-state index contributed by atoms with van der Waals surface area (Å²) >= 11 is 11.6. The Kier molecular flexibility index (Phi) is 3.27. The molecule has 0 fully saturated rings. The van der Waals surface area contributed by atoms with E-state index < -0.39 is 0 Å². The van der Waals surface area contributed by atoms with Crippen LogP contribution in [0.3, 0.4) is 0 Å². The molecule has 16 heavy (non-hydrogen) atoms. The molecule has 0 amide bonds. The average Bonchev–Trinajstić information content (AvgIpc) is 2.33. The van der Waals surface area contributed by atoms with Gasteiger partial charge in [0.2, 0.25) is 0 Å². The number of benzene rings is 1. The van der Waals surface area contributed by atoms with E-state index in [0.717, 1.165) is 11.3 Å². The van der Waals surface area contributed by atoms with Crippen molar-refractivity contribution in [3.8, 4) is 17.0 Å². The largest absolute Gasteiger partial charge is 0.497 e. The molecule has 82 valence electrons. The maximum atomic E-state index is 5.87. The minimum atomic E-state index is 0.202. The first-order valence-corrected chi connectivity index (χ1v) is 5.29. The van der Waals surface area contributed by atoms with Gasteiger partial charge in [0.1, 0.15) is 5.75 Å². The molecular weight excluding hydrogens is 247 g/mol. The van der Waals surface area contributed by atoms with Crippen molar-refractivity contribution in [1.82, 2.24) is 10.2 Å². The summed E-state index contributed by atoms with van der Waals surface area (Å²) in [6, 6.07) is 9.16. The first kappa shape index (κ1) is 11.2. The molecule has 0 radical (unpaired) electrons. The molecular formula is C11H8Cl2N2O. The number of aromatic nitrogens is 2. The SMILES string of the molecule is COc1cccc(-c2cc(Cl)c(Cl)nn2)c1. The Bertz CT molecular complexity index is 517. The average molecular weight is 255 g/mol. The van der Waals surface area contributed by atoms with E-state index in [1.165, 1.54) is 0 Å². The topological polar surface area (TPSA) is 35.0 Å². The van der Waals surface area contributed by atoms with Crippen LogP contribution in [0.4, 0.5) is 0 Å². The van der Waals surface area contributed by atoms with E-state index in [-0.39, 0.29) is 5.15 Å². The number of ether oxygens (including phenoxy) is 1. The first-order chi connectivity index (χ1) is 7.70. The molecule has 3 nitrogen and oxygen atoms in total. The Morgan fingerprint density at radius 3 is 2.62 bits per heavy atom. The van der Waals surface area contributed by atoms with E-state index in [2.05, 4.69) is 10.2 Å². The molecule has 0 aliphatic carbocycles. The van der Waals surface area contributed by atoms with E-state index in [1.54, 1.807) is 13.2 Å². The minimum absolute atomic E-state index is 0.202. The summed E-state index contributed by atoms with van der Waals surface area (Å²) in [6.45, 7) is 0. The smallest absolute Gasteiger partial charge is 0.170 e. The summed E-state index contributed by atoms with van der Waals surface area (Å²) in [6.07, 6.45) is 0. The lowest BCUT2D eigenvalue weighted by Gasteiger charge is -2.04. The zero-order valence-corrected chi connectivity index (χ0v) is 9.96. The summed E-state index contributed by atoms with van der Waals surface area (Å²) < 4.78 is 5.12. The molecule has 0 saturated heterocycles. The van der Waals surface area contributed by atoms with Gasteiger partial charge in [-0.3, -0.25) is 0 Å². The Balaban J connectivity index is 2.46. The normalized spacial score (nSPS) is 10.2. The third kappa shape index (κ3) is 2.26. The molecule has 2 aromatic rings. The lowest BCUT2D eigenvalue weighted by atomic mass is 10.1. The van der Waals surface area contributed by atoms with Gasteiger partial charge >= 0.3 is 0 Å². The van der Waals surface area contributed by atoms with Crippen molar-refractivity contribution in [3.05, 3.63) is 40.5 Å². The van der Waals surface area contributed by atoms with Crippen LogP contribution in [0.15, 0.2) is 30.3 Å². The second-order valence-electron chi connectivity index (χ2n) is 3.10. The van der Waals surface area contributed by atoms with Gasteiger partial charge in [-0.2, -0.15) is 0 Å². The van der Waals surface area contributed by atoms with Gasteiger partial charge in [0.15, 0.2) is 5.15 Å². The Morgan fingerprint density at radius 1 is 1.12 bits per heavy atom. The molecule has 1 heterocycles. The van der Waals surface area contributed by atoms with Gasteiger partial charge in [0.05, 0.1) is 17.8 Å². The van der Waals surface area contributed by atoms with Crippen molar-refractivity contribution >= 4 is 23.2 Å². The molecule has 0 aliphatic heterocycles. The van der Waals surface area contributed by atoms with Crippen molar-refractivity contribution in [3.63, 3.8) is 0 Å². The second-order valence-corrected chi connectivity index (χ2v) is 3.87. The maximum absolute atomic E-state index is 5.87. The summed E-state index contributed by atoms with van der Waals surface area (Å²) in [5, 5.41) is 8.30. The lowest BCUT2D eigenvalue weighted by molar-refractivity contribution is 0.415. The maximum Gasteiger partial charge on any atom is 0.170 e. The van der Waals surface area contributed by atoms with Crippen molar-refractivity contribution in [2.45, 2.75) is 0 Å². The third-order valence-electron chi connectivity index (χ3n) is 2.07. The number of hydrogen-bond donors (Lipinski definition) is 0. The summed E-state index contributed by atoms with van der Waals surface area (Å²) in [7, 11) is 1.61. The standard InChI is InChI=1S/C11H8Cl2N2O/c1-16-8-4-2-3-7(5-8)10-6-9(12)11(13)15-14-10/h2-6H,1H3. The molecule has 0 spiro atoms. The van der Waals surface area contributed by atoms with E-state index >= 15 is 0 Å². The molecule has 0 aliphatic rings. The van der Waals surface area contributed by atoms with E-state index in [0.29, 0.717) is 10.7 Å². The highest BCUT2D eigenvalue weighted by Crippen LogP contribution is 2.26. The Hall–Kier alpha value is -1.32. The molecule has 1 aromatic carbocycles. The number of nitrogens with zero attached hydrogens (tertiary/aromatic N) is 2. The fourth-order valence-corrected chi connectivity index (χ4v) is 1.51. The van der Waals surface area contributed by atoms with Crippen molar-refractivity contribution in [2.24, 2.45) is 0 Å². The van der Waals surface area contributed by atoms with E-state index in [9.17, 15) is 0 Å². The van der Waals surface area contributed by atoms with Crippen molar-refractivity contribution < 1.29 is 4.74 Å². The lowest BCUT2D eigenvalue weighted by Crippen LogP contribution is -1.89. The van der Waals surface area contributed by atoms with Gasteiger partial charge in [-0.05, 0) is 18.2 Å². The van der Waals surface area contributed by atoms with Crippen LogP contribution in [0.25, 0.3) is 11.3 Å².